The van der Waals surface area contributed by atoms with Gasteiger partial charge in [-0.15, -0.1) is 5.10 Å². The van der Waals surface area contributed by atoms with E-state index < -0.39 is 58.1 Å². The molecule has 1 N–H and O–H groups in total. The van der Waals surface area contributed by atoms with Gasteiger partial charge in [-0.25, -0.2) is 13.4 Å². The molecule has 18 nitrogen and oxygen atoms in total. The molecule has 0 bridgehead atoms. The summed E-state index contributed by atoms with van der Waals surface area (Å²) in [5.74, 6) is -2.94. The average molecular weight is 932 g/mol. The first-order valence-electron chi connectivity index (χ1n) is 22.7. The Hall–Kier alpha value is -4.46. The summed E-state index contributed by atoms with van der Waals surface area (Å²) in [5.41, 5.74) is 1.38. The predicted molar refractivity (Wildman–Crippen MR) is 250 cm³/mol. The molecular weight excluding hydrogens is 855 g/mol. The summed E-state index contributed by atoms with van der Waals surface area (Å²) in [7, 11) is 9.86. The van der Waals surface area contributed by atoms with Crippen molar-refractivity contribution in [1.82, 2.24) is 39.3 Å². The Morgan fingerprint density at radius 2 is 1.62 bits per heavy atom. The van der Waals surface area contributed by atoms with E-state index in [4.69, 9.17) is 19.2 Å². The standard InChI is InChI=1S/C46H77N9O9S/c1-14-32(4)42(53(10)45(59)41(31(2)3)47-46(51(6)7)52(8)9)39(63-12)28-40(57)55-24-18-22-37(55)43(64-13)33(5)38(56)27-35(26-34-20-16-15-17-21-34)44(58)49-65(60,61)25-19-23-54-29-36(30-62-11)48-50-54/h15-17,20-21,29,31-33,35,37,39,41-43H,14,18-19,22-28,30H2,1-13H3,(H,49,58)/t32-,33-,35+,37-,39+,41-,42-,43+/m0/s1. The Kier molecular flexibility index (Phi) is 22.0. The largest absolute Gasteiger partial charge is 0.379 e. The molecule has 0 spiro atoms. The van der Waals surface area contributed by atoms with Crippen LogP contribution in [0.5, 0.6) is 0 Å². The van der Waals surface area contributed by atoms with Crippen molar-refractivity contribution in [2.75, 3.05) is 68.9 Å². The van der Waals surface area contributed by atoms with Crippen LogP contribution in [0.1, 0.15) is 84.4 Å². The first kappa shape index (κ1) is 54.9. The van der Waals surface area contributed by atoms with Gasteiger partial charge >= 0.3 is 0 Å². The van der Waals surface area contributed by atoms with Crippen molar-refractivity contribution in [3.05, 3.63) is 47.8 Å². The Labute approximate surface area is 387 Å². The molecule has 0 aliphatic carbocycles. The molecule has 0 saturated carbocycles. The minimum absolute atomic E-state index is 0.00384. The monoisotopic (exact) mass is 932 g/mol. The number of rotatable bonds is 26. The molecule has 3 rings (SSSR count). The Balaban J connectivity index is 1.79. The number of aliphatic imine (C=N–C) groups is 1. The second kappa shape index (κ2) is 26.0. The Morgan fingerprint density at radius 3 is 2.18 bits per heavy atom. The van der Waals surface area contributed by atoms with Crippen molar-refractivity contribution >= 4 is 39.5 Å². The smallest absolute Gasteiger partial charge is 0.247 e. The molecule has 1 aromatic carbocycles. The SMILES string of the molecule is CC[C@H](C)[C@@H]([C@@H](CC(=O)N1CCC[C@H]1[C@H](OC)[C@@H](C)C(=O)C[C@@H](Cc1ccccc1)C(=O)NS(=O)(=O)CCCn1cc(COC)nn1)OC)N(C)C(=O)[C@@H](N=C(N(C)C)N(C)C)C(C)C. The van der Waals surface area contributed by atoms with Gasteiger partial charge in [0.25, 0.3) is 0 Å². The number of ketones is 1. The van der Waals surface area contributed by atoms with Gasteiger partial charge < -0.3 is 33.8 Å². The van der Waals surface area contributed by atoms with Gasteiger partial charge in [-0.05, 0) is 43.1 Å². The predicted octanol–water partition coefficient (Wildman–Crippen LogP) is 3.50. The quantitative estimate of drug-likeness (QED) is 0.106. The maximum absolute atomic E-state index is 14.4. The maximum atomic E-state index is 14.4. The number of sulfonamides is 1. The number of benzene rings is 1. The van der Waals surface area contributed by atoms with Gasteiger partial charge in [-0.2, -0.15) is 0 Å². The van der Waals surface area contributed by atoms with Crippen LogP contribution in [0.3, 0.4) is 0 Å². The van der Waals surface area contributed by atoms with E-state index in [-0.39, 0.29) is 74.0 Å². The number of nitrogens with one attached hydrogen (secondary N) is 1. The zero-order chi connectivity index (χ0) is 48.6. The van der Waals surface area contributed by atoms with E-state index in [1.54, 1.807) is 37.1 Å². The van der Waals surface area contributed by atoms with Crippen molar-refractivity contribution in [1.29, 1.82) is 0 Å². The number of nitrogens with zero attached hydrogens (tertiary/aromatic N) is 8. The minimum atomic E-state index is -4.06. The first-order chi connectivity index (χ1) is 30.7. The topological polar surface area (TPSA) is 198 Å². The Morgan fingerprint density at radius 1 is 0.954 bits per heavy atom. The minimum Gasteiger partial charge on any atom is -0.379 e. The number of guanidine groups is 1. The molecule has 366 valence electrons. The van der Waals surface area contributed by atoms with Crippen LogP contribution in [-0.2, 0) is 63.0 Å². The summed E-state index contributed by atoms with van der Waals surface area (Å²) in [4.78, 5) is 68.8. The molecule has 1 saturated heterocycles. The van der Waals surface area contributed by atoms with Gasteiger partial charge in [0.2, 0.25) is 27.7 Å². The molecule has 1 aliphatic heterocycles. The van der Waals surface area contributed by atoms with Crippen LogP contribution < -0.4 is 4.72 Å². The number of ether oxygens (including phenoxy) is 3. The maximum Gasteiger partial charge on any atom is 0.247 e. The normalized spacial score (nSPS) is 17.4. The number of amides is 3. The van der Waals surface area contributed by atoms with E-state index in [1.807, 2.05) is 89.1 Å². The number of carbonyl (C=O) groups excluding carboxylic acids is 4. The van der Waals surface area contributed by atoms with E-state index >= 15 is 0 Å². The lowest BCUT2D eigenvalue weighted by atomic mass is 9.85. The fraction of sp³-hybridized carbons (Fsp3) is 0.717. The third-order valence-electron chi connectivity index (χ3n) is 12.4. The highest BCUT2D eigenvalue weighted by Crippen LogP contribution is 2.31. The van der Waals surface area contributed by atoms with Crippen LogP contribution in [0.15, 0.2) is 41.5 Å². The van der Waals surface area contributed by atoms with Crippen molar-refractivity contribution in [2.24, 2.45) is 28.7 Å². The highest BCUT2D eigenvalue weighted by molar-refractivity contribution is 7.90. The average Bonchev–Trinajstić information content (AvgIpc) is 3.93. The lowest BCUT2D eigenvalue weighted by molar-refractivity contribution is -0.146. The number of aryl methyl sites for hydroxylation is 1. The highest BCUT2D eigenvalue weighted by Gasteiger charge is 2.43. The molecule has 3 amide bonds. The highest BCUT2D eigenvalue weighted by atomic mass is 32.2. The number of hydrogen-bond acceptors (Lipinski definition) is 12. The number of likely N-dealkylation sites (tertiary alicyclic amines) is 1. The molecule has 65 heavy (non-hydrogen) atoms. The molecular formula is C46H77N9O9S. The van der Waals surface area contributed by atoms with E-state index in [0.717, 1.165) is 12.0 Å². The van der Waals surface area contributed by atoms with Crippen LogP contribution in [-0.4, -0.2) is 172 Å². The van der Waals surface area contributed by atoms with Crippen LogP contribution in [0.4, 0.5) is 0 Å². The van der Waals surface area contributed by atoms with Gasteiger partial charge in [0.1, 0.15) is 17.5 Å². The molecule has 8 atom stereocenters. The number of aromatic nitrogens is 3. The van der Waals surface area contributed by atoms with Crippen LogP contribution >= 0.6 is 0 Å². The van der Waals surface area contributed by atoms with E-state index in [9.17, 15) is 27.6 Å². The van der Waals surface area contributed by atoms with Crippen LogP contribution in [0.25, 0.3) is 0 Å². The molecule has 1 fully saturated rings. The van der Waals surface area contributed by atoms with E-state index in [1.165, 1.54) is 18.9 Å². The molecule has 2 heterocycles. The Bertz CT molecular complexity index is 1950. The van der Waals surface area contributed by atoms with Gasteiger partial charge in [0.15, 0.2) is 5.96 Å². The van der Waals surface area contributed by atoms with E-state index in [0.29, 0.717) is 31.0 Å². The van der Waals surface area contributed by atoms with Gasteiger partial charge in [0, 0.05) is 87.9 Å². The fourth-order valence-electron chi connectivity index (χ4n) is 8.74. The molecule has 0 radical (unpaired) electrons. The summed E-state index contributed by atoms with van der Waals surface area (Å²) in [6.07, 6.45) is 2.40. The molecule has 1 aliphatic rings. The van der Waals surface area contributed by atoms with Crippen LogP contribution in [0, 0.1) is 23.7 Å². The second-order valence-corrected chi connectivity index (χ2v) is 19.9. The van der Waals surface area contributed by atoms with Crippen molar-refractivity contribution in [3.8, 4) is 0 Å². The van der Waals surface area contributed by atoms with Gasteiger partial charge in [-0.3, -0.25) is 28.6 Å². The molecule has 1 aromatic heterocycles. The van der Waals surface area contributed by atoms with E-state index in [2.05, 4.69) is 22.0 Å². The third kappa shape index (κ3) is 15.8. The summed E-state index contributed by atoms with van der Waals surface area (Å²) in [5, 5.41) is 7.96. The number of Topliss-reactive ketones (excluding diaryl/α,β-unsaturated/α-hetero) is 1. The number of hydrogen-bond donors (Lipinski definition) is 1. The molecule has 0 unspecified atom stereocenters. The van der Waals surface area contributed by atoms with Crippen molar-refractivity contribution in [3.63, 3.8) is 0 Å². The summed E-state index contributed by atoms with van der Waals surface area (Å²) in [6.45, 7) is 10.8. The fourth-order valence-corrected chi connectivity index (χ4v) is 9.83. The first-order valence-corrected chi connectivity index (χ1v) is 24.4. The third-order valence-corrected chi connectivity index (χ3v) is 13.7. The van der Waals surface area contributed by atoms with Crippen molar-refractivity contribution < 1.29 is 41.8 Å². The molecule has 19 heteroatoms. The lowest BCUT2D eigenvalue weighted by Gasteiger charge is -2.40. The zero-order valence-corrected chi connectivity index (χ0v) is 41.9. The second-order valence-electron chi connectivity index (χ2n) is 18.1. The number of carbonyl (C=O) groups is 4. The van der Waals surface area contributed by atoms with Gasteiger partial charge in [-0.1, -0.05) is 76.6 Å². The zero-order valence-electron chi connectivity index (χ0n) is 41.1. The summed E-state index contributed by atoms with van der Waals surface area (Å²) in [6, 6.07) is 7.57. The number of methoxy groups -OCH3 is 3. The summed E-state index contributed by atoms with van der Waals surface area (Å²) >= 11 is 0. The number of likely N-dealkylation sites (N-methyl/N-ethyl adjacent to an activating group) is 1. The summed E-state index contributed by atoms with van der Waals surface area (Å²) < 4.78 is 47.2. The lowest BCUT2D eigenvalue weighted by Crippen LogP contribution is -2.55. The van der Waals surface area contributed by atoms with Crippen LogP contribution in [0.2, 0.25) is 0 Å². The molecule has 2 aromatic rings. The van der Waals surface area contributed by atoms with Crippen molar-refractivity contribution in [2.45, 2.75) is 123 Å². The van der Waals surface area contributed by atoms with Gasteiger partial charge in [0.05, 0.1) is 49.3 Å².